The molecule has 2 heterocycles. The summed E-state index contributed by atoms with van der Waals surface area (Å²) in [5, 5.41) is 4.64. The molecule has 1 atom stereocenters. The van der Waals surface area contributed by atoms with Crippen LogP contribution < -0.4 is 9.64 Å². The number of ether oxygens (including phenoxy) is 1. The zero-order valence-electron chi connectivity index (χ0n) is 14.8. The molecule has 0 aliphatic carbocycles. The Morgan fingerprint density at radius 2 is 2.07 bits per heavy atom. The van der Waals surface area contributed by atoms with Gasteiger partial charge in [-0.2, -0.15) is 4.98 Å². The van der Waals surface area contributed by atoms with Gasteiger partial charge >= 0.3 is 0 Å². The van der Waals surface area contributed by atoms with Crippen molar-refractivity contribution in [1.29, 1.82) is 0 Å². The summed E-state index contributed by atoms with van der Waals surface area (Å²) < 4.78 is 10.9. The van der Waals surface area contributed by atoms with E-state index in [0.29, 0.717) is 36.3 Å². The smallest absolute Gasteiger partial charge is 0.232 e. The van der Waals surface area contributed by atoms with Crippen molar-refractivity contribution in [1.82, 2.24) is 10.1 Å². The first-order valence-electron chi connectivity index (χ1n) is 8.77. The fraction of sp³-hybridized carbons (Fsp3) is 0.250. The molecule has 1 aliphatic rings. The molecule has 2 aromatic carbocycles. The molecule has 1 fully saturated rings. The van der Waals surface area contributed by atoms with Crippen molar-refractivity contribution in [2.75, 3.05) is 18.1 Å². The van der Waals surface area contributed by atoms with E-state index in [4.69, 9.17) is 20.9 Å². The predicted octanol–water partition coefficient (Wildman–Crippen LogP) is 4.31. The van der Waals surface area contributed by atoms with Gasteiger partial charge in [-0.25, -0.2) is 0 Å². The van der Waals surface area contributed by atoms with Crippen molar-refractivity contribution in [3.8, 4) is 17.1 Å². The molecule has 138 valence electrons. The van der Waals surface area contributed by atoms with Crippen LogP contribution in [0.2, 0.25) is 5.02 Å². The van der Waals surface area contributed by atoms with Crippen molar-refractivity contribution >= 4 is 23.2 Å². The molecule has 0 spiro atoms. The second kappa shape index (κ2) is 7.40. The largest absolute Gasteiger partial charge is 0.494 e. The number of carbonyl (C=O) groups is 1. The highest BCUT2D eigenvalue weighted by molar-refractivity contribution is 6.30. The zero-order valence-corrected chi connectivity index (χ0v) is 15.5. The average molecular weight is 384 g/mol. The average Bonchev–Trinajstić information content (AvgIpc) is 3.30. The van der Waals surface area contributed by atoms with Gasteiger partial charge in [0.25, 0.3) is 0 Å². The van der Waals surface area contributed by atoms with Crippen LogP contribution in [0.15, 0.2) is 53.1 Å². The molecule has 1 aromatic heterocycles. The van der Waals surface area contributed by atoms with Crippen molar-refractivity contribution in [3.63, 3.8) is 0 Å². The number of rotatable bonds is 5. The van der Waals surface area contributed by atoms with Crippen LogP contribution in [0, 0.1) is 0 Å². The fourth-order valence-corrected chi connectivity index (χ4v) is 3.35. The molecule has 0 radical (unpaired) electrons. The van der Waals surface area contributed by atoms with Crippen LogP contribution in [-0.2, 0) is 4.79 Å². The van der Waals surface area contributed by atoms with Gasteiger partial charge in [0.2, 0.25) is 17.6 Å². The standard InChI is InChI=1S/C20H18ClN3O3/c1-2-26-17-8-6-16(7-9-17)24-12-14(11-18(24)25)20-22-19(23-27-20)13-4-3-5-15(21)10-13/h3-10,14H,2,11-12H2,1H3/t14-/m0/s1. The molecule has 0 saturated carbocycles. The number of nitrogens with zero attached hydrogens (tertiary/aromatic N) is 3. The van der Waals surface area contributed by atoms with E-state index >= 15 is 0 Å². The molecule has 1 aliphatic heterocycles. The number of aromatic nitrogens is 2. The number of carbonyl (C=O) groups excluding carboxylic acids is 1. The summed E-state index contributed by atoms with van der Waals surface area (Å²) in [6.45, 7) is 3.05. The van der Waals surface area contributed by atoms with Crippen LogP contribution in [0.1, 0.15) is 25.2 Å². The predicted molar refractivity (Wildman–Crippen MR) is 102 cm³/mol. The number of amides is 1. The Morgan fingerprint density at radius 1 is 1.26 bits per heavy atom. The minimum atomic E-state index is -0.135. The number of anilines is 1. The third kappa shape index (κ3) is 3.66. The van der Waals surface area contributed by atoms with E-state index in [0.717, 1.165) is 17.0 Å². The van der Waals surface area contributed by atoms with E-state index in [1.54, 1.807) is 17.0 Å². The summed E-state index contributed by atoms with van der Waals surface area (Å²) in [6, 6.07) is 14.8. The maximum atomic E-state index is 12.5. The van der Waals surface area contributed by atoms with E-state index < -0.39 is 0 Å². The van der Waals surface area contributed by atoms with Crippen molar-refractivity contribution in [3.05, 3.63) is 59.4 Å². The van der Waals surface area contributed by atoms with Gasteiger partial charge in [-0.15, -0.1) is 0 Å². The van der Waals surface area contributed by atoms with Gasteiger partial charge in [-0.05, 0) is 43.3 Å². The maximum absolute atomic E-state index is 12.5. The number of benzene rings is 2. The Hall–Kier alpha value is -2.86. The van der Waals surface area contributed by atoms with Crippen LogP contribution in [0.3, 0.4) is 0 Å². The second-order valence-corrected chi connectivity index (χ2v) is 6.74. The van der Waals surface area contributed by atoms with Gasteiger partial charge in [-0.3, -0.25) is 4.79 Å². The molecule has 1 saturated heterocycles. The third-order valence-electron chi connectivity index (χ3n) is 4.46. The van der Waals surface area contributed by atoms with E-state index in [1.807, 2.05) is 43.3 Å². The highest BCUT2D eigenvalue weighted by Crippen LogP contribution is 2.32. The van der Waals surface area contributed by atoms with E-state index in [1.165, 1.54) is 0 Å². The topological polar surface area (TPSA) is 68.5 Å². The number of halogens is 1. The Kier molecular flexibility index (Phi) is 4.81. The highest BCUT2D eigenvalue weighted by Gasteiger charge is 2.35. The summed E-state index contributed by atoms with van der Waals surface area (Å²) >= 11 is 6.02. The van der Waals surface area contributed by atoms with Crippen molar-refractivity contribution in [2.45, 2.75) is 19.3 Å². The van der Waals surface area contributed by atoms with Gasteiger partial charge in [-0.1, -0.05) is 28.9 Å². The molecule has 27 heavy (non-hydrogen) atoms. The molecule has 7 heteroatoms. The van der Waals surface area contributed by atoms with E-state index in [9.17, 15) is 4.79 Å². The lowest BCUT2D eigenvalue weighted by Gasteiger charge is -2.16. The molecule has 0 unspecified atom stereocenters. The molecule has 0 bridgehead atoms. The molecular weight excluding hydrogens is 366 g/mol. The molecule has 1 amide bonds. The van der Waals surface area contributed by atoms with Gasteiger partial charge in [0.15, 0.2) is 0 Å². The first-order valence-corrected chi connectivity index (χ1v) is 9.14. The van der Waals surface area contributed by atoms with Gasteiger partial charge in [0.05, 0.1) is 12.5 Å². The van der Waals surface area contributed by atoms with Crippen LogP contribution in [-0.4, -0.2) is 29.2 Å². The number of hydrogen-bond donors (Lipinski definition) is 0. The second-order valence-electron chi connectivity index (χ2n) is 6.30. The minimum Gasteiger partial charge on any atom is -0.494 e. The fourth-order valence-electron chi connectivity index (χ4n) is 3.16. The molecule has 3 aromatic rings. The quantitative estimate of drug-likeness (QED) is 0.656. The normalized spacial score (nSPS) is 16.7. The van der Waals surface area contributed by atoms with Gasteiger partial charge in [0, 0.05) is 29.2 Å². The van der Waals surface area contributed by atoms with E-state index in [2.05, 4.69) is 10.1 Å². The zero-order chi connectivity index (χ0) is 18.8. The summed E-state index contributed by atoms with van der Waals surface area (Å²) in [6.07, 6.45) is 0.338. The molecular formula is C20H18ClN3O3. The van der Waals surface area contributed by atoms with Crippen LogP contribution in [0.5, 0.6) is 5.75 Å². The monoisotopic (exact) mass is 383 g/mol. The van der Waals surface area contributed by atoms with Gasteiger partial charge in [0.1, 0.15) is 5.75 Å². The Labute approximate surface area is 161 Å². The third-order valence-corrected chi connectivity index (χ3v) is 4.69. The summed E-state index contributed by atoms with van der Waals surface area (Å²) in [7, 11) is 0. The summed E-state index contributed by atoms with van der Waals surface area (Å²) in [5.41, 5.74) is 1.62. The molecule has 0 N–H and O–H groups in total. The number of hydrogen-bond acceptors (Lipinski definition) is 5. The van der Waals surface area contributed by atoms with Crippen molar-refractivity contribution < 1.29 is 14.1 Å². The van der Waals surface area contributed by atoms with Crippen LogP contribution >= 0.6 is 11.6 Å². The van der Waals surface area contributed by atoms with Gasteiger partial charge < -0.3 is 14.2 Å². The first kappa shape index (κ1) is 17.5. The molecule has 6 nitrogen and oxygen atoms in total. The minimum absolute atomic E-state index is 0.0339. The highest BCUT2D eigenvalue weighted by atomic mass is 35.5. The van der Waals surface area contributed by atoms with E-state index in [-0.39, 0.29) is 11.8 Å². The summed E-state index contributed by atoms with van der Waals surface area (Å²) in [4.78, 5) is 18.7. The molecule has 4 rings (SSSR count). The lowest BCUT2D eigenvalue weighted by atomic mass is 10.1. The SMILES string of the molecule is CCOc1ccc(N2C[C@@H](c3nc(-c4cccc(Cl)c4)no3)CC2=O)cc1. The van der Waals surface area contributed by atoms with Crippen LogP contribution in [0.25, 0.3) is 11.4 Å². The lowest BCUT2D eigenvalue weighted by Crippen LogP contribution is -2.24. The Morgan fingerprint density at radius 3 is 2.81 bits per heavy atom. The Balaban J connectivity index is 1.51. The van der Waals surface area contributed by atoms with Crippen molar-refractivity contribution in [2.24, 2.45) is 0 Å². The Bertz CT molecular complexity index is 955. The first-order chi connectivity index (χ1) is 13.1. The maximum Gasteiger partial charge on any atom is 0.232 e. The van der Waals surface area contributed by atoms with Crippen LogP contribution in [0.4, 0.5) is 5.69 Å². The lowest BCUT2D eigenvalue weighted by molar-refractivity contribution is -0.117. The summed E-state index contributed by atoms with van der Waals surface area (Å²) in [5.74, 6) is 1.62.